The molecule has 0 bridgehead atoms. The van der Waals surface area contributed by atoms with Crippen LogP contribution in [0.4, 0.5) is 0 Å². The Bertz CT molecular complexity index is 640. The van der Waals surface area contributed by atoms with Crippen molar-refractivity contribution in [2.75, 3.05) is 0 Å². The highest BCUT2D eigenvalue weighted by Gasteiger charge is 2.10. The molecule has 0 aromatic carbocycles. The molecule has 0 atom stereocenters. The second-order valence-corrected chi connectivity index (χ2v) is 4.21. The summed E-state index contributed by atoms with van der Waals surface area (Å²) in [6.45, 7) is 0. The van der Waals surface area contributed by atoms with Gasteiger partial charge in [0.15, 0.2) is 11.0 Å². The maximum atomic E-state index is 11.1. The van der Waals surface area contributed by atoms with Gasteiger partial charge in [-0.25, -0.2) is 4.98 Å². The largest absolute Gasteiger partial charge is 0.409 e. The molecule has 0 spiro atoms. The topological polar surface area (TPSA) is 117 Å². The molecule has 18 heavy (non-hydrogen) atoms. The van der Waals surface area contributed by atoms with Crippen LogP contribution in [0.1, 0.15) is 5.69 Å². The minimum Gasteiger partial charge on any atom is -0.409 e. The summed E-state index contributed by atoms with van der Waals surface area (Å²) >= 11 is 1.17. The fraction of sp³-hybridized carbons (Fsp3) is 0. The van der Waals surface area contributed by atoms with E-state index in [0.717, 1.165) is 0 Å². The van der Waals surface area contributed by atoms with Crippen LogP contribution >= 0.6 is 11.8 Å². The van der Waals surface area contributed by atoms with Crippen LogP contribution < -0.4 is 11.3 Å². The second kappa shape index (κ2) is 5.32. The third-order valence-corrected chi connectivity index (χ3v) is 2.93. The van der Waals surface area contributed by atoms with E-state index >= 15 is 0 Å². The molecule has 0 amide bonds. The third-order valence-electron chi connectivity index (χ3n) is 1.98. The zero-order valence-corrected chi connectivity index (χ0v) is 9.89. The van der Waals surface area contributed by atoms with Crippen molar-refractivity contribution in [3.05, 3.63) is 46.6 Å². The van der Waals surface area contributed by atoms with E-state index in [0.29, 0.717) is 15.7 Å². The van der Waals surface area contributed by atoms with E-state index in [9.17, 15) is 4.79 Å². The van der Waals surface area contributed by atoms with E-state index in [1.807, 2.05) is 0 Å². The van der Waals surface area contributed by atoms with Crippen LogP contribution in [-0.2, 0) is 0 Å². The summed E-state index contributed by atoms with van der Waals surface area (Å²) in [4.78, 5) is 22.3. The van der Waals surface area contributed by atoms with Crippen LogP contribution in [0.15, 0.2) is 50.6 Å². The Morgan fingerprint density at radius 1 is 1.39 bits per heavy atom. The number of nitrogens with one attached hydrogen (secondary N) is 1. The number of hydrogen-bond acceptors (Lipinski definition) is 6. The molecule has 0 saturated carbocycles. The normalized spacial score (nSPS) is 11.4. The Labute approximate surface area is 106 Å². The average Bonchev–Trinajstić information content (AvgIpc) is 2.38. The monoisotopic (exact) mass is 263 g/mol. The molecule has 0 aliphatic carbocycles. The molecule has 2 aromatic rings. The maximum Gasteiger partial charge on any atom is 0.251 e. The van der Waals surface area contributed by atoms with Gasteiger partial charge in [0.05, 0.1) is 0 Å². The number of aromatic amines is 1. The lowest BCUT2D eigenvalue weighted by Crippen LogP contribution is -2.16. The molecule has 8 heteroatoms. The predicted molar refractivity (Wildman–Crippen MR) is 65.7 cm³/mol. The summed E-state index contributed by atoms with van der Waals surface area (Å²) in [5.74, 6) is -0.101. The Morgan fingerprint density at radius 2 is 2.22 bits per heavy atom. The van der Waals surface area contributed by atoms with Gasteiger partial charge in [0.25, 0.3) is 5.56 Å². The smallest absolute Gasteiger partial charge is 0.251 e. The van der Waals surface area contributed by atoms with E-state index in [-0.39, 0.29) is 11.4 Å². The highest BCUT2D eigenvalue weighted by atomic mass is 32.2. The molecule has 7 nitrogen and oxygen atoms in total. The first-order valence-electron chi connectivity index (χ1n) is 4.87. The summed E-state index contributed by atoms with van der Waals surface area (Å²) in [5, 5.41) is 12.0. The van der Waals surface area contributed by atoms with Crippen LogP contribution in [-0.4, -0.2) is 26.0 Å². The van der Waals surface area contributed by atoms with Gasteiger partial charge >= 0.3 is 0 Å². The molecule has 0 aliphatic rings. The molecule has 4 N–H and O–H groups in total. The standard InChI is InChI=1S/C10H9N5O2S/c11-9(15-17)8-6(2-1-4-12-8)18-10-13-5-3-7(16)14-10/h1-5,17H,(H2,11,15)(H,13,14,16). The molecule has 2 aromatic heterocycles. The molecular formula is C10H9N5O2S. The molecule has 92 valence electrons. The zero-order chi connectivity index (χ0) is 13.0. The summed E-state index contributed by atoms with van der Waals surface area (Å²) < 4.78 is 0. The number of H-pyrrole nitrogens is 1. The number of oxime groups is 1. The van der Waals surface area contributed by atoms with Crippen molar-refractivity contribution in [3.8, 4) is 0 Å². The molecule has 0 fully saturated rings. The Hall–Kier alpha value is -2.35. The van der Waals surface area contributed by atoms with Crippen LogP contribution in [0.3, 0.4) is 0 Å². The van der Waals surface area contributed by atoms with Crippen molar-refractivity contribution in [3.63, 3.8) is 0 Å². The summed E-state index contributed by atoms with van der Waals surface area (Å²) in [5.41, 5.74) is 5.59. The van der Waals surface area contributed by atoms with Gasteiger partial charge < -0.3 is 15.9 Å². The van der Waals surface area contributed by atoms with Crippen molar-refractivity contribution in [2.24, 2.45) is 10.9 Å². The number of hydrogen-bond donors (Lipinski definition) is 3. The first-order valence-corrected chi connectivity index (χ1v) is 5.68. The predicted octanol–water partition coefficient (Wildman–Crippen LogP) is 0.411. The van der Waals surface area contributed by atoms with Crippen molar-refractivity contribution in [1.29, 1.82) is 0 Å². The lowest BCUT2D eigenvalue weighted by Gasteiger charge is -2.05. The van der Waals surface area contributed by atoms with Gasteiger partial charge in [-0.3, -0.25) is 9.78 Å². The van der Waals surface area contributed by atoms with Crippen molar-refractivity contribution in [2.45, 2.75) is 10.1 Å². The maximum absolute atomic E-state index is 11.1. The lowest BCUT2D eigenvalue weighted by atomic mass is 10.3. The van der Waals surface area contributed by atoms with Gasteiger partial charge in [0.1, 0.15) is 5.69 Å². The van der Waals surface area contributed by atoms with Crippen molar-refractivity contribution in [1.82, 2.24) is 15.0 Å². The van der Waals surface area contributed by atoms with Crippen LogP contribution in [0.25, 0.3) is 0 Å². The van der Waals surface area contributed by atoms with E-state index < -0.39 is 0 Å². The first kappa shape index (κ1) is 12.1. The number of aromatic nitrogens is 3. The minimum absolute atomic E-state index is 0.101. The highest BCUT2D eigenvalue weighted by molar-refractivity contribution is 7.99. The minimum atomic E-state index is -0.248. The lowest BCUT2D eigenvalue weighted by molar-refractivity contribution is 0.318. The average molecular weight is 263 g/mol. The van der Waals surface area contributed by atoms with Crippen molar-refractivity contribution >= 4 is 17.6 Å². The van der Waals surface area contributed by atoms with E-state index in [1.54, 1.807) is 12.1 Å². The fourth-order valence-electron chi connectivity index (χ4n) is 1.22. The fourth-order valence-corrected chi connectivity index (χ4v) is 2.09. The van der Waals surface area contributed by atoms with Gasteiger partial charge in [-0.05, 0) is 23.9 Å². The Kier molecular flexibility index (Phi) is 3.58. The third kappa shape index (κ3) is 2.66. The summed E-state index contributed by atoms with van der Waals surface area (Å²) in [6, 6.07) is 4.76. The molecule has 2 heterocycles. The van der Waals surface area contributed by atoms with E-state index in [4.69, 9.17) is 10.9 Å². The van der Waals surface area contributed by atoms with Crippen LogP contribution in [0, 0.1) is 0 Å². The number of amidine groups is 1. The molecule has 2 rings (SSSR count). The number of nitrogens with zero attached hydrogens (tertiary/aromatic N) is 3. The number of nitrogens with two attached hydrogens (primary N) is 1. The van der Waals surface area contributed by atoms with Crippen molar-refractivity contribution < 1.29 is 5.21 Å². The first-order chi connectivity index (χ1) is 8.70. The van der Waals surface area contributed by atoms with E-state index in [2.05, 4.69) is 20.1 Å². The van der Waals surface area contributed by atoms with Gasteiger partial charge in [-0.2, -0.15) is 0 Å². The molecule has 0 radical (unpaired) electrons. The highest BCUT2D eigenvalue weighted by Crippen LogP contribution is 2.25. The van der Waals surface area contributed by atoms with Gasteiger partial charge in [-0.1, -0.05) is 5.16 Å². The van der Waals surface area contributed by atoms with Gasteiger partial charge in [0, 0.05) is 23.4 Å². The Balaban J connectivity index is 2.38. The summed E-state index contributed by atoms with van der Waals surface area (Å²) in [7, 11) is 0. The molecule has 0 saturated heterocycles. The SMILES string of the molecule is N/C(=N/O)c1ncccc1Sc1nccc(=O)[nH]1. The van der Waals surface area contributed by atoms with Crippen LogP contribution in [0.5, 0.6) is 0 Å². The number of rotatable bonds is 3. The molecule has 0 unspecified atom stereocenters. The quantitative estimate of drug-likeness (QED) is 0.243. The van der Waals surface area contributed by atoms with Gasteiger partial charge in [0.2, 0.25) is 0 Å². The summed E-state index contributed by atoms with van der Waals surface area (Å²) in [6.07, 6.45) is 2.93. The zero-order valence-electron chi connectivity index (χ0n) is 9.07. The second-order valence-electron chi connectivity index (χ2n) is 3.18. The van der Waals surface area contributed by atoms with E-state index in [1.165, 1.54) is 30.2 Å². The van der Waals surface area contributed by atoms with Crippen LogP contribution in [0.2, 0.25) is 0 Å². The molecule has 0 aliphatic heterocycles. The Morgan fingerprint density at radius 3 is 2.94 bits per heavy atom. The van der Waals surface area contributed by atoms with Gasteiger partial charge in [-0.15, -0.1) is 0 Å². The molecular weight excluding hydrogens is 254 g/mol. The number of pyridine rings is 1.